The highest BCUT2D eigenvalue weighted by Gasteiger charge is 2.25. The molecule has 0 heterocycles. The van der Waals surface area contributed by atoms with Gasteiger partial charge in [-0.15, -0.1) is 6.58 Å². The summed E-state index contributed by atoms with van der Waals surface area (Å²) in [5, 5.41) is 0. The van der Waals surface area contributed by atoms with Gasteiger partial charge in [0.15, 0.2) is 0 Å². The minimum absolute atomic E-state index is 0.0163. The molecule has 0 aliphatic rings. The van der Waals surface area contributed by atoms with Gasteiger partial charge in [0.1, 0.15) is 11.5 Å². The predicted molar refractivity (Wildman–Crippen MR) is 116 cm³/mol. The molecule has 6 nitrogen and oxygen atoms in total. The Bertz CT molecular complexity index is 1130. The Kier molecular flexibility index (Phi) is 6.54. The van der Waals surface area contributed by atoms with Gasteiger partial charge in [0.25, 0.3) is 10.0 Å². The summed E-state index contributed by atoms with van der Waals surface area (Å²) in [6.45, 7) is 3.74. The van der Waals surface area contributed by atoms with Crippen LogP contribution in [0.5, 0.6) is 11.5 Å². The van der Waals surface area contributed by atoms with Gasteiger partial charge in [-0.3, -0.25) is 4.31 Å². The number of carbonyl (C=O) groups excluding carboxylic acids is 1. The molecule has 0 aliphatic heterocycles. The number of sulfonamides is 1. The molecule has 0 aromatic heterocycles. The van der Waals surface area contributed by atoms with E-state index in [-0.39, 0.29) is 17.0 Å². The minimum atomic E-state index is -3.92. The van der Waals surface area contributed by atoms with Crippen LogP contribution in [0.4, 0.5) is 5.69 Å². The molecule has 0 atom stereocenters. The van der Waals surface area contributed by atoms with Gasteiger partial charge in [-0.25, -0.2) is 13.2 Å². The lowest BCUT2D eigenvalue weighted by Crippen LogP contribution is -2.31. The average molecular weight is 423 g/mol. The first-order chi connectivity index (χ1) is 14.5. The molecule has 154 valence electrons. The number of benzene rings is 3. The maximum Gasteiger partial charge on any atom is 0.343 e. The van der Waals surface area contributed by atoms with Gasteiger partial charge < -0.3 is 9.47 Å². The van der Waals surface area contributed by atoms with Crippen molar-refractivity contribution in [1.29, 1.82) is 0 Å². The molecule has 0 bridgehead atoms. The monoisotopic (exact) mass is 423 g/mol. The smallest absolute Gasteiger partial charge is 0.343 e. The Labute approximate surface area is 176 Å². The van der Waals surface area contributed by atoms with Crippen molar-refractivity contribution >= 4 is 21.7 Å². The molecular weight excluding hydrogens is 402 g/mol. The van der Waals surface area contributed by atoms with Crippen LogP contribution in [0.1, 0.15) is 10.4 Å². The fraction of sp³-hybridized carbons (Fsp3) is 0.0870. The number of nitrogens with zero attached hydrogens (tertiary/aromatic N) is 1. The van der Waals surface area contributed by atoms with Gasteiger partial charge >= 0.3 is 5.97 Å². The zero-order valence-electron chi connectivity index (χ0n) is 16.4. The van der Waals surface area contributed by atoms with E-state index in [0.717, 1.165) is 0 Å². The van der Waals surface area contributed by atoms with Crippen LogP contribution in [0.2, 0.25) is 0 Å². The first kappa shape index (κ1) is 21.1. The molecule has 0 saturated carbocycles. The Morgan fingerprint density at radius 2 is 1.63 bits per heavy atom. The molecule has 0 fully saturated rings. The second-order valence-electron chi connectivity index (χ2n) is 6.25. The minimum Gasteiger partial charge on any atom is -0.497 e. The zero-order chi connectivity index (χ0) is 21.6. The third-order valence-corrected chi connectivity index (χ3v) is 6.06. The van der Waals surface area contributed by atoms with Crippen molar-refractivity contribution in [3.05, 3.63) is 97.1 Å². The third-order valence-electron chi connectivity index (χ3n) is 4.27. The first-order valence-electron chi connectivity index (χ1n) is 9.10. The fourth-order valence-corrected chi connectivity index (χ4v) is 4.26. The van der Waals surface area contributed by atoms with Crippen LogP contribution < -0.4 is 13.8 Å². The zero-order valence-corrected chi connectivity index (χ0v) is 17.2. The maximum atomic E-state index is 13.2. The molecule has 0 aliphatic carbocycles. The molecule has 7 heteroatoms. The summed E-state index contributed by atoms with van der Waals surface area (Å²) in [5.41, 5.74) is 0.627. The van der Waals surface area contributed by atoms with Gasteiger partial charge in [-0.2, -0.15) is 0 Å². The van der Waals surface area contributed by atoms with Crippen molar-refractivity contribution in [1.82, 2.24) is 0 Å². The Hall–Kier alpha value is -3.58. The van der Waals surface area contributed by atoms with Crippen LogP contribution >= 0.6 is 0 Å². The van der Waals surface area contributed by atoms with Crippen molar-refractivity contribution in [2.75, 3.05) is 18.0 Å². The first-order valence-corrected chi connectivity index (χ1v) is 10.5. The summed E-state index contributed by atoms with van der Waals surface area (Å²) >= 11 is 0. The van der Waals surface area contributed by atoms with Gasteiger partial charge in [0.2, 0.25) is 0 Å². The molecule has 3 aromatic carbocycles. The number of ether oxygens (including phenoxy) is 2. The molecule has 3 rings (SSSR count). The van der Waals surface area contributed by atoms with E-state index in [9.17, 15) is 13.2 Å². The number of methoxy groups -OCH3 is 1. The molecule has 0 saturated heterocycles. The van der Waals surface area contributed by atoms with E-state index in [2.05, 4.69) is 6.58 Å². The number of anilines is 1. The van der Waals surface area contributed by atoms with Crippen LogP contribution in [-0.4, -0.2) is 28.0 Å². The van der Waals surface area contributed by atoms with Crippen LogP contribution in [0.15, 0.2) is 96.4 Å². The van der Waals surface area contributed by atoms with Crippen molar-refractivity contribution in [3.8, 4) is 11.5 Å². The molecule has 3 aromatic rings. The van der Waals surface area contributed by atoms with E-state index in [4.69, 9.17) is 9.47 Å². The van der Waals surface area contributed by atoms with Crippen molar-refractivity contribution < 1.29 is 22.7 Å². The fourth-order valence-electron chi connectivity index (χ4n) is 2.77. The normalized spacial score (nSPS) is 10.8. The van der Waals surface area contributed by atoms with E-state index in [1.54, 1.807) is 54.6 Å². The van der Waals surface area contributed by atoms with Crippen LogP contribution in [0, 0.1) is 0 Å². The van der Waals surface area contributed by atoms with Gasteiger partial charge in [-0.1, -0.05) is 30.3 Å². The highest BCUT2D eigenvalue weighted by Crippen LogP contribution is 2.25. The highest BCUT2D eigenvalue weighted by atomic mass is 32.2. The summed E-state index contributed by atoms with van der Waals surface area (Å²) in [7, 11) is -2.38. The summed E-state index contributed by atoms with van der Waals surface area (Å²) in [4.78, 5) is 12.5. The molecule has 0 spiro atoms. The Morgan fingerprint density at radius 1 is 0.967 bits per heavy atom. The van der Waals surface area contributed by atoms with Crippen LogP contribution in [-0.2, 0) is 10.0 Å². The third kappa shape index (κ3) is 4.69. The van der Waals surface area contributed by atoms with Gasteiger partial charge in [0, 0.05) is 0 Å². The average Bonchev–Trinajstić information content (AvgIpc) is 2.78. The quantitative estimate of drug-likeness (QED) is 0.307. The topological polar surface area (TPSA) is 72.9 Å². The Morgan fingerprint density at radius 3 is 2.27 bits per heavy atom. The second kappa shape index (κ2) is 9.28. The number of para-hydroxylation sites is 1. The predicted octanol–water partition coefficient (Wildman–Crippen LogP) is 4.30. The number of rotatable bonds is 8. The van der Waals surface area contributed by atoms with E-state index in [1.165, 1.54) is 41.8 Å². The largest absolute Gasteiger partial charge is 0.497 e. The standard InChI is InChI=1S/C23H21NO5S/c1-3-16-24(19-9-5-4-6-10-19)30(26,27)22-11-7-8-18(17-22)23(25)29-21-14-12-20(28-2)13-15-21/h3-15,17H,1,16H2,2H3. The lowest BCUT2D eigenvalue weighted by atomic mass is 10.2. The van der Waals surface area contributed by atoms with Crippen LogP contribution in [0.25, 0.3) is 0 Å². The number of hydrogen-bond donors (Lipinski definition) is 0. The highest BCUT2D eigenvalue weighted by molar-refractivity contribution is 7.92. The number of carbonyl (C=O) groups is 1. The van der Waals surface area contributed by atoms with Gasteiger partial charge in [-0.05, 0) is 54.6 Å². The van der Waals surface area contributed by atoms with E-state index in [1.807, 2.05) is 0 Å². The summed E-state index contributed by atoms with van der Waals surface area (Å²) < 4.78 is 38.1. The lowest BCUT2D eigenvalue weighted by Gasteiger charge is -2.23. The van der Waals surface area contributed by atoms with E-state index >= 15 is 0 Å². The molecule has 0 N–H and O–H groups in total. The van der Waals surface area contributed by atoms with Crippen molar-refractivity contribution in [2.24, 2.45) is 0 Å². The molecule has 0 radical (unpaired) electrons. The second-order valence-corrected chi connectivity index (χ2v) is 8.12. The van der Waals surface area contributed by atoms with E-state index in [0.29, 0.717) is 17.2 Å². The molecule has 30 heavy (non-hydrogen) atoms. The van der Waals surface area contributed by atoms with Gasteiger partial charge in [0.05, 0.1) is 29.8 Å². The number of hydrogen-bond acceptors (Lipinski definition) is 5. The number of esters is 1. The summed E-state index contributed by atoms with van der Waals surface area (Å²) in [6.07, 6.45) is 1.51. The summed E-state index contributed by atoms with van der Waals surface area (Å²) in [6, 6.07) is 21.0. The SMILES string of the molecule is C=CCN(c1ccccc1)S(=O)(=O)c1cccc(C(=O)Oc2ccc(OC)cc2)c1. The lowest BCUT2D eigenvalue weighted by molar-refractivity contribution is 0.0734. The van der Waals surface area contributed by atoms with E-state index < -0.39 is 16.0 Å². The summed E-state index contributed by atoms with van der Waals surface area (Å²) in [5.74, 6) is 0.296. The molecule has 0 amide bonds. The molecule has 0 unspecified atom stereocenters. The van der Waals surface area contributed by atoms with Crippen molar-refractivity contribution in [3.63, 3.8) is 0 Å². The van der Waals surface area contributed by atoms with Crippen molar-refractivity contribution in [2.45, 2.75) is 4.90 Å². The Balaban J connectivity index is 1.88. The van der Waals surface area contributed by atoms with Crippen LogP contribution in [0.3, 0.4) is 0 Å². The molecular formula is C23H21NO5S. The maximum absolute atomic E-state index is 13.2.